The fourth-order valence-electron chi connectivity index (χ4n) is 4.64. The Kier molecular flexibility index (Phi) is 4.94. The summed E-state index contributed by atoms with van der Waals surface area (Å²) in [7, 11) is 0. The van der Waals surface area contributed by atoms with E-state index in [0.717, 1.165) is 11.3 Å². The summed E-state index contributed by atoms with van der Waals surface area (Å²) in [6.07, 6.45) is 17.7. The molecule has 0 heterocycles. The van der Waals surface area contributed by atoms with Gasteiger partial charge in [-0.2, -0.15) is 0 Å². The summed E-state index contributed by atoms with van der Waals surface area (Å²) in [5.41, 5.74) is 0.725. The third-order valence-electron chi connectivity index (χ3n) is 5.60. The third-order valence-corrected chi connectivity index (χ3v) is 5.60. The molecule has 0 aliphatic heterocycles. The van der Waals surface area contributed by atoms with Gasteiger partial charge in [-0.1, -0.05) is 58.8 Å². The molecule has 2 aliphatic rings. The molecular weight excluding hydrogens is 204 g/mol. The maximum absolute atomic E-state index is 2.46. The summed E-state index contributed by atoms with van der Waals surface area (Å²) in [4.78, 5) is 0. The Morgan fingerprint density at radius 2 is 1.76 bits per heavy atom. The minimum atomic E-state index is 0.725. The van der Waals surface area contributed by atoms with Crippen LogP contribution in [0.25, 0.3) is 0 Å². The third kappa shape index (κ3) is 2.88. The Morgan fingerprint density at radius 3 is 2.41 bits per heavy atom. The van der Waals surface area contributed by atoms with Crippen LogP contribution in [-0.2, 0) is 0 Å². The van der Waals surface area contributed by atoms with Gasteiger partial charge < -0.3 is 0 Å². The topological polar surface area (TPSA) is 0 Å². The number of hydrogen-bond donors (Lipinski definition) is 0. The molecule has 0 spiro atoms. The van der Waals surface area contributed by atoms with Crippen LogP contribution in [0, 0.1) is 17.3 Å². The normalized spacial score (nSPS) is 30.4. The predicted molar refractivity (Wildman–Crippen MR) is 75.9 cm³/mol. The highest BCUT2D eigenvalue weighted by Crippen LogP contribution is 2.54. The molecule has 2 aliphatic carbocycles. The van der Waals surface area contributed by atoms with E-state index >= 15 is 0 Å². The van der Waals surface area contributed by atoms with E-state index in [1.165, 1.54) is 77.0 Å². The van der Waals surface area contributed by atoms with Crippen molar-refractivity contribution in [2.24, 2.45) is 11.3 Å². The molecule has 0 N–H and O–H groups in total. The largest absolute Gasteiger partial charge is 0.0654 e. The van der Waals surface area contributed by atoms with Crippen LogP contribution in [0.3, 0.4) is 0 Å². The van der Waals surface area contributed by atoms with Crippen molar-refractivity contribution in [2.45, 2.75) is 90.9 Å². The minimum Gasteiger partial charge on any atom is -0.0654 e. The fraction of sp³-hybridized carbons (Fsp3) is 0.941. The molecule has 1 atom stereocenters. The zero-order chi connectivity index (χ0) is 12.1. The van der Waals surface area contributed by atoms with E-state index in [9.17, 15) is 0 Å². The molecule has 1 radical (unpaired) electrons. The summed E-state index contributed by atoms with van der Waals surface area (Å²) in [5.74, 6) is 2.96. The van der Waals surface area contributed by atoms with Gasteiger partial charge >= 0.3 is 0 Å². The zero-order valence-corrected chi connectivity index (χ0v) is 12.1. The molecule has 0 amide bonds. The van der Waals surface area contributed by atoms with Crippen LogP contribution < -0.4 is 0 Å². The maximum atomic E-state index is 2.46. The van der Waals surface area contributed by atoms with Gasteiger partial charge in [-0.25, -0.2) is 0 Å². The molecular formula is C17H31. The van der Waals surface area contributed by atoms with Crippen LogP contribution in [0.2, 0.25) is 0 Å². The Labute approximate surface area is 109 Å². The molecule has 0 aromatic rings. The standard InChI is InChI=1S/C17H31/c1-3-10-15-11-6-7-12-16(15)17(4-2)13-8-5-9-14-17/h16H,3-14H2,1-2H3. The smallest absolute Gasteiger partial charge is 0.0205 e. The molecule has 0 nitrogen and oxygen atoms in total. The van der Waals surface area contributed by atoms with Gasteiger partial charge in [-0.05, 0) is 49.4 Å². The van der Waals surface area contributed by atoms with Crippen LogP contribution in [0.1, 0.15) is 90.9 Å². The summed E-state index contributed by atoms with van der Waals surface area (Å²) in [6.45, 7) is 4.82. The summed E-state index contributed by atoms with van der Waals surface area (Å²) in [6, 6.07) is 0. The van der Waals surface area contributed by atoms with E-state index in [4.69, 9.17) is 0 Å². The highest BCUT2D eigenvalue weighted by molar-refractivity contribution is 5.06. The first-order valence-electron chi connectivity index (χ1n) is 8.17. The monoisotopic (exact) mass is 235 g/mol. The van der Waals surface area contributed by atoms with Crippen LogP contribution in [-0.4, -0.2) is 0 Å². The molecule has 0 bridgehead atoms. The van der Waals surface area contributed by atoms with Crippen molar-refractivity contribution in [2.75, 3.05) is 0 Å². The first-order valence-corrected chi connectivity index (χ1v) is 8.17. The molecule has 0 heteroatoms. The van der Waals surface area contributed by atoms with Crippen LogP contribution >= 0.6 is 0 Å². The van der Waals surface area contributed by atoms with Gasteiger partial charge in [-0.15, -0.1) is 0 Å². The first-order chi connectivity index (χ1) is 8.32. The molecule has 2 saturated carbocycles. The van der Waals surface area contributed by atoms with Gasteiger partial charge in [0.2, 0.25) is 0 Å². The van der Waals surface area contributed by atoms with Gasteiger partial charge in [0.25, 0.3) is 0 Å². The van der Waals surface area contributed by atoms with Gasteiger partial charge in [0, 0.05) is 0 Å². The van der Waals surface area contributed by atoms with Crippen LogP contribution in [0.4, 0.5) is 0 Å². The van der Waals surface area contributed by atoms with Crippen molar-refractivity contribution >= 4 is 0 Å². The second-order valence-electron chi connectivity index (χ2n) is 6.48. The Morgan fingerprint density at radius 1 is 1.00 bits per heavy atom. The van der Waals surface area contributed by atoms with Crippen molar-refractivity contribution in [1.82, 2.24) is 0 Å². The van der Waals surface area contributed by atoms with E-state index in [2.05, 4.69) is 13.8 Å². The van der Waals surface area contributed by atoms with Crippen molar-refractivity contribution < 1.29 is 0 Å². The van der Waals surface area contributed by atoms with Crippen molar-refractivity contribution in [3.8, 4) is 0 Å². The summed E-state index contributed by atoms with van der Waals surface area (Å²) in [5, 5.41) is 0. The lowest BCUT2D eigenvalue weighted by atomic mass is 9.56. The number of hydrogen-bond acceptors (Lipinski definition) is 0. The SMILES string of the molecule is CCC[C]1CCCCC1C1(CC)CCCCC1. The molecule has 0 aromatic heterocycles. The van der Waals surface area contributed by atoms with E-state index in [-0.39, 0.29) is 0 Å². The van der Waals surface area contributed by atoms with Gasteiger partial charge in [0.1, 0.15) is 0 Å². The minimum absolute atomic E-state index is 0.725. The molecule has 17 heavy (non-hydrogen) atoms. The molecule has 0 saturated heterocycles. The highest BCUT2D eigenvalue weighted by atomic mass is 14.5. The zero-order valence-electron chi connectivity index (χ0n) is 12.1. The lowest BCUT2D eigenvalue weighted by Crippen LogP contribution is -2.37. The summed E-state index contributed by atoms with van der Waals surface area (Å²) >= 11 is 0. The van der Waals surface area contributed by atoms with E-state index < -0.39 is 0 Å². The summed E-state index contributed by atoms with van der Waals surface area (Å²) < 4.78 is 0. The predicted octanol–water partition coefficient (Wildman–Crippen LogP) is 5.91. The Hall–Kier alpha value is 0. The van der Waals surface area contributed by atoms with Crippen LogP contribution in [0.5, 0.6) is 0 Å². The lowest BCUT2D eigenvalue weighted by Gasteiger charge is -2.48. The fourth-order valence-corrected chi connectivity index (χ4v) is 4.64. The molecule has 2 rings (SSSR count). The number of rotatable bonds is 4. The molecule has 1 unspecified atom stereocenters. The first kappa shape index (κ1) is 13.4. The lowest BCUT2D eigenvalue weighted by molar-refractivity contribution is 0.0738. The van der Waals surface area contributed by atoms with E-state index in [1.807, 2.05) is 5.92 Å². The highest BCUT2D eigenvalue weighted by Gasteiger charge is 2.42. The average Bonchev–Trinajstić information content (AvgIpc) is 2.40. The second-order valence-corrected chi connectivity index (χ2v) is 6.48. The quantitative estimate of drug-likeness (QED) is 0.568. The molecule has 2 fully saturated rings. The van der Waals surface area contributed by atoms with Gasteiger partial charge in [0.05, 0.1) is 0 Å². The van der Waals surface area contributed by atoms with Crippen molar-refractivity contribution in [3.63, 3.8) is 0 Å². The van der Waals surface area contributed by atoms with Gasteiger partial charge in [-0.3, -0.25) is 0 Å². The molecule has 99 valence electrons. The van der Waals surface area contributed by atoms with Crippen molar-refractivity contribution in [1.29, 1.82) is 0 Å². The van der Waals surface area contributed by atoms with Gasteiger partial charge in [0.15, 0.2) is 0 Å². The average molecular weight is 235 g/mol. The van der Waals surface area contributed by atoms with E-state index in [1.54, 1.807) is 0 Å². The maximum Gasteiger partial charge on any atom is -0.0205 e. The van der Waals surface area contributed by atoms with Crippen molar-refractivity contribution in [3.05, 3.63) is 5.92 Å². The Bertz CT molecular complexity index is 210. The Balaban J connectivity index is 2.09. The second kappa shape index (κ2) is 6.25. The molecule has 0 aromatic carbocycles. The van der Waals surface area contributed by atoms with Crippen LogP contribution in [0.15, 0.2) is 0 Å². The van der Waals surface area contributed by atoms with E-state index in [0.29, 0.717) is 0 Å².